The summed E-state index contributed by atoms with van der Waals surface area (Å²) in [5.74, 6) is 0.877. The molecule has 0 aliphatic heterocycles. The lowest BCUT2D eigenvalue weighted by Crippen LogP contribution is -2.00. The summed E-state index contributed by atoms with van der Waals surface area (Å²) in [5.41, 5.74) is 7.02. The van der Waals surface area contributed by atoms with E-state index < -0.39 is 0 Å². The van der Waals surface area contributed by atoms with Crippen molar-refractivity contribution in [1.29, 1.82) is 0 Å². The number of ether oxygens (including phenoxy) is 1. The van der Waals surface area contributed by atoms with Crippen molar-refractivity contribution >= 4 is 0 Å². The SMILES string of the molecule is COc1ccccc1-c1cc(-c2ccccc2)c(C)n1-c1ccccc1. The summed E-state index contributed by atoms with van der Waals surface area (Å²) in [7, 11) is 1.72. The lowest BCUT2D eigenvalue weighted by atomic mass is 10.1. The van der Waals surface area contributed by atoms with Crippen molar-refractivity contribution in [2.45, 2.75) is 6.92 Å². The van der Waals surface area contributed by atoms with Gasteiger partial charge >= 0.3 is 0 Å². The van der Waals surface area contributed by atoms with Crippen LogP contribution < -0.4 is 4.74 Å². The molecule has 0 atom stereocenters. The Morgan fingerprint density at radius 3 is 2.00 bits per heavy atom. The Bertz CT molecular complexity index is 1020. The molecule has 0 radical (unpaired) electrons. The summed E-state index contributed by atoms with van der Waals surface area (Å²) in [6.07, 6.45) is 0. The fourth-order valence-corrected chi connectivity index (χ4v) is 3.48. The van der Waals surface area contributed by atoms with Gasteiger partial charge in [-0.1, -0.05) is 60.7 Å². The Balaban J connectivity index is 2.01. The van der Waals surface area contributed by atoms with Crippen molar-refractivity contribution in [3.63, 3.8) is 0 Å². The Hall–Kier alpha value is -3.26. The van der Waals surface area contributed by atoms with Crippen molar-refractivity contribution in [2.75, 3.05) is 7.11 Å². The van der Waals surface area contributed by atoms with Gasteiger partial charge in [-0.15, -0.1) is 0 Å². The van der Waals surface area contributed by atoms with E-state index in [1.54, 1.807) is 7.11 Å². The molecule has 0 spiro atoms. The number of nitrogens with zero attached hydrogens (tertiary/aromatic N) is 1. The van der Waals surface area contributed by atoms with Crippen LogP contribution in [0.5, 0.6) is 5.75 Å². The van der Waals surface area contributed by atoms with E-state index in [0.717, 1.165) is 22.7 Å². The molecule has 0 unspecified atom stereocenters. The van der Waals surface area contributed by atoms with E-state index in [1.165, 1.54) is 16.8 Å². The van der Waals surface area contributed by atoms with Crippen molar-refractivity contribution in [3.05, 3.63) is 96.7 Å². The number of hydrogen-bond donors (Lipinski definition) is 0. The van der Waals surface area contributed by atoms with Gasteiger partial charge in [0.2, 0.25) is 0 Å². The van der Waals surface area contributed by atoms with E-state index in [1.807, 2.05) is 24.3 Å². The van der Waals surface area contributed by atoms with Crippen LogP contribution in [-0.4, -0.2) is 11.7 Å². The molecule has 4 rings (SSSR count). The van der Waals surface area contributed by atoms with Gasteiger partial charge in [0.15, 0.2) is 0 Å². The fraction of sp³-hybridized carbons (Fsp3) is 0.0833. The van der Waals surface area contributed by atoms with E-state index >= 15 is 0 Å². The number of para-hydroxylation sites is 2. The Kier molecular flexibility index (Phi) is 4.32. The molecule has 1 aromatic heterocycles. The van der Waals surface area contributed by atoms with Crippen LogP contribution in [0.25, 0.3) is 28.1 Å². The van der Waals surface area contributed by atoms with Crippen molar-refractivity contribution < 1.29 is 4.74 Å². The molecule has 0 aliphatic carbocycles. The second-order valence-corrected chi connectivity index (χ2v) is 6.27. The van der Waals surface area contributed by atoms with Crippen molar-refractivity contribution in [1.82, 2.24) is 4.57 Å². The van der Waals surface area contributed by atoms with Crippen LogP contribution >= 0.6 is 0 Å². The molecule has 0 N–H and O–H groups in total. The number of hydrogen-bond acceptors (Lipinski definition) is 1. The zero-order valence-electron chi connectivity index (χ0n) is 15.0. The Labute approximate surface area is 154 Å². The highest BCUT2D eigenvalue weighted by Crippen LogP contribution is 2.38. The van der Waals surface area contributed by atoms with E-state index in [4.69, 9.17) is 4.74 Å². The van der Waals surface area contributed by atoms with Gasteiger partial charge in [-0.3, -0.25) is 0 Å². The molecular weight excluding hydrogens is 318 g/mol. The third kappa shape index (κ3) is 2.80. The third-order valence-corrected chi connectivity index (χ3v) is 4.73. The van der Waals surface area contributed by atoms with Gasteiger partial charge in [-0.05, 0) is 42.8 Å². The monoisotopic (exact) mass is 339 g/mol. The van der Waals surface area contributed by atoms with Gasteiger partial charge in [0.05, 0.1) is 12.8 Å². The summed E-state index contributed by atoms with van der Waals surface area (Å²) in [6, 6.07) is 31.4. The predicted octanol–water partition coefficient (Wildman–Crippen LogP) is 6.13. The minimum absolute atomic E-state index is 0.877. The first kappa shape index (κ1) is 16.2. The van der Waals surface area contributed by atoms with Crippen LogP contribution in [0.15, 0.2) is 91.0 Å². The largest absolute Gasteiger partial charge is 0.496 e. The van der Waals surface area contributed by atoms with Crippen molar-refractivity contribution in [3.8, 4) is 33.8 Å². The maximum absolute atomic E-state index is 5.63. The normalized spacial score (nSPS) is 10.7. The molecule has 1 heterocycles. The molecule has 2 heteroatoms. The average molecular weight is 339 g/mol. The van der Waals surface area contributed by atoms with Gasteiger partial charge < -0.3 is 9.30 Å². The second kappa shape index (κ2) is 6.93. The lowest BCUT2D eigenvalue weighted by molar-refractivity contribution is 0.416. The van der Waals surface area contributed by atoms with Crippen molar-refractivity contribution in [2.24, 2.45) is 0 Å². The highest BCUT2D eigenvalue weighted by atomic mass is 16.5. The number of methoxy groups -OCH3 is 1. The average Bonchev–Trinajstić information content (AvgIpc) is 3.06. The maximum Gasteiger partial charge on any atom is 0.128 e. The molecule has 2 nitrogen and oxygen atoms in total. The molecule has 3 aromatic carbocycles. The minimum atomic E-state index is 0.877. The molecule has 0 aliphatic rings. The van der Waals surface area contributed by atoms with Crippen LogP contribution in [-0.2, 0) is 0 Å². The number of aromatic nitrogens is 1. The maximum atomic E-state index is 5.63. The molecule has 0 amide bonds. The van der Waals surface area contributed by atoms with E-state index in [2.05, 4.69) is 78.2 Å². The molecule has 0 saturated carbocycles. The minimum Gasteiger partial charge on any atom is -0.496 e. The predicted molar refractivity (Wildman–Crippen MR) is 108 cm³/mol. The first-order valence-electron chi connectivity index (χ1n) is 8.76. The van der Waals surface area contributed by atoms with E-state index in [-0.39, 0.29) is 0 Å². The van der Waals surface area contributed by atoms with E-state index in [0.29, 0.717) is 0 Å². The fourth-order valence-electron chi connectivity index (χ4n) is 3.48. The third-order valence-electron chi connectivity index (χ3n) is 4.73. The summed E-state index contributed by atoms with van der Waals surface area (Å²) in [6.45, 7) is 2.17. The van der Waals surface area contributed by atoms with Gasteiger partial charge in [0.25, 0.3) is 0 Å². The van der Waals surface area contributed by atoms with Gasteiger partial charge in [0.1, 0.15) is 5.75 Å². The van der Waals surface area contributed by atoms with Crippen LogP contribution in [0.2, 0.25) is 0 Å². The highest BCUT2D eigenvalue weighted by molar-refractivity contribution is 5.79. The summed E-state index contributed by atoms with van der Waals surface area (Å²) in [5, 5.41) is 0. The Morgan fingerprint density at radius 2 is 1.31 bits per heavy atom. The first-order chi connectivity index (χ1) is 12.8. The quantitative estimate of drug-likeness (QED) is 0.436. The molecular formula is C24H21NO. The van der Waals surface area contributed by atoms with Crippen LogP contribution in [0.1, 0.15) is 5.69 Å². The molecule has 26 heavy (non-hydrogen) atoms. The van der Waals surface area contributed by atoms with Gasteiger partial charge in [-0.25, -0.2) is 0 Å². The van der Waals surface area contributed by atoms with Gasteiger partial charge in [0, 0.05) is 22.5 Å². The van der Waals surface area contributed by atoms with E-state index in [9.17, 15) is 0 Å². The number of benzene rings is 3. The van der Waals surface area contributed by atoms with Crippen LogP contribution in [0, 0.1) is 6.92 Å². The summed E-state index contributed by atoms with van der Waals surface area (Å²) in [4.78, 5) is 0. The molecule has 128 valence electrons. The molecule has 0 fully saturated rings. The number of rotatable bonds is 4. The molecule has 4 aromatic rings. The second-order valence-electron chi connectivity index (χ2n) is 6.27. The summed E-state index contributed by atoms with van der Waals surface area (Å²) >= 11 is 0. The van der Waals surface area contributed by atoms with Crippen LogP contribution in [0.3, 0.4) is 0 Å². The first-order valence-corrected chi connectivity index (χ1v) is 8.76. The standard InChI is InChI=1S/C24H21NO/c1-18-22(19-11-5-3-6-12-19)17-23(21-15-9-10-16-24(21)26-2)25(18)20-13-7-4-8-14-20/h3-17H,1-2H3. The Morgan fingerprint density at radius 1 is 0.692 bits per heavy atom. The zero-order chi connectivity index (χ0) is 17.9. The molecule has 0 saturated heterocycles. The van der Waals surface area contributed by atoms with Gasteiger partial charge in [-0.2, -0.15) is 0 Å². The summed E-state index contributed by atoms with van der Waals surface area (Å²) < 4.78 is 7.94. The topological polar surface area (TPSA) is 14.2 Å². The highest BCUT2D eigenvalue weighted by Gasteiger charge is 2.18. The lowest BCUT2D eigenvalue weighted by Gasteiger charge is -2.14. The molecule has 0 bridgehead atoms. The zero-order valence-corrected chi connectivity index (χ0v) is 15.0. The van der Waals surface area contributed by atoms with Crippen LogP contribution in [0.4, 0.5) is 0 Å². The smallest absolute Gasteiger partial charge is 0.128 e.